The van der Waals surface area contributed by atoms with Crippen LogP contribution in [0.25, 0.3) is 0 Å². The summed E-state index contributed by atoms with van der Waals surface area (Å²) in [5.41, 5.74) is 1.50. The molecule has 0 aliphatic carbocycles. The van der Waals surface area contributed by atoms with Crippen LogP contribution in [0.3, 0.4) is 0 Å². The van der Waals surface area contributed by atoms with Crippen molar-refractivity contribution in [1.29, 1.82) is 0 Å². The average molecular weight is 368 g/mol. The third-order valence-electron chi connectivity index (χ3n) is 5.41. The van der Waals surface area contributed by atoms with Crippen LogP contribution in [0.2, 0.25) is 0 Å². The van der Waals surface area contributed by atoms with E-state index in [-0.39, 0.29) is 29.6 Å². The van der Waals surface area contributed by atoms with Gasteiger partial charge in [-0.05, 0) is 18.4 Å². The van der Waals surface area contributed by atoms with Gasteiger partial charge in [-0.3, -0.25) is 0 Å². The zero-order valence-corrected chi connectivity index (χ0v) is 20.1. The first-order chi connectivity index (χ1) is 12.4. The zero-order chi connectivity index (χ0) is 17.8. The smallest absolute Gasteiger partial charge is 0 e. The monoisotopic (exact) mass is 367 g/mol. The van der Waals surface area contributed by atoms with Crippen molar-refractivity contribution >= 4 is 29.6 Å². The number of hydrogen-bond donors (Lipinski definition) is 0. The molecular weight excluding hydrogens is 323 g/mol. The van der Waals surface area contributed by atoms with Crippen molar-refractivity contribution in [2.75, 3.05) is 0 Å². The van der Waals surface area contributed by atoms with E-state index in [1.807, 2.05) is 0 Å². The molecule has 0 aliphatic heterocycles. The SMILES string of the molecule is CCCCCCCCCCCCCCCCCCCc1ccccc1.[Na]. The molecule has 0 fully saturated rings. The molecule has 0 N–H and O–H groups in total. The molecule has 1 aromatic rings. The molecule has 1 heteroatoms. The summed E-state index contributed by atoms with van der Waals surface area (Å²) in [6.07, 6.45) is 25.9. The first kappa shape index (κ1) is 26.2. The number of benzene rings is 1. The Kier molecular flexibility index (Phi) is 21.7. The Morgan fingerprint density at radius 3 is 1.19 bits per heavy atom. The van der Waals surface area contributed by atoms with Gasteiger partial charge in [0.1, 0.15) is 0 Å². The predicted molar refractivity (Wildman–Crippen MR) is 120 cm³/mol. The molecule has 0 aliphatic rings. The molecule has 1 rings (SSSR count). The molecule has 1 aromatic carbocycles. The predicted octanol–water partition coefficient (Wildman–Crippen LogP) is 8.50. The molecule has 0 amide bonds. The Hall–Kier alpha value is 0.220. The summed E-state index contributed by atoms with van der Waals surface area (Å²) in [7, 11) is 0. The topological polar surface area (TPSA) is 0 Å². The fraction of sp³-hybridized carbons (Fsp3) is 0.760. The zero-order valence-electron chi connectivity index (χ0n) is 18.1. The maximum Gasteiger partial charge on any atom is 0 e. The van der Waals surface area contributed by atoms with Crippen molar-refractivity contribution < 1.29 is 0 Å². The minimum atomic E-state index is 0. The van der Waals surface area contributed by atoms with Crippen LogP contribution >= 0.6 is 0 Å². The van der Waals surface area contributed by atoms with Gasteiger partial charge in [0.15, 0.2) is 0 Å². The second-order valence-corrected chi connectivity index (χ2v) is 7.89. The van der Waals surface area contributed by atoms with Crippen molar-refractivity contribution in [3.63, 3.8) is 0 Å². The van der Waals surface area contributed by atoms with E-state index in [1.54, 1.807) is 0 Å². The normalized spacial score (nSPS) is 10.7. The molecule has 145 valence electrons. The van der Waals surface area contributed by atoms with E-state index in [4.69, 9.17) is 0 Å². The second kappa shape index (κ2) is 21.5. The van der Waals surface area contributed by atoms with Gasteiger partial charge < -0.3 is 0 Å². The molecule has 0 spiro atoms. The van der Waals surface area contributed by atoms with Crippen LogP contribution in [-0.2, 0) is 6.42 Å². The van der Waals surface area contributed by atoms with E-state index in [0.29, 0.717) is 0 Å². The third-order valence-corrected chi connectivity index (χ3v) is 5.41. The standard InChI is InChI=1S/C25H44.Na/c1-2-3-4-5-6-7-8-9-10-11-12-13-14-15-16-17-19-22-25-23-20-18-21-24-25;/h18,20-21,23-24H,2-17,19,22H2,1H3;. The maximum absolute atomic E-state index is 2.30. The van der Waals surface area contributed by atoms with E-state index in [1.165, 1.54) is 121 Å². The minimum Gasteiger partial charge on any atom is -0.0654 e. The molecule has 0 bridgehead atoms. The quantitative estimate of drug-likeness (QED) is 0.180. The maximum atomic E-state index is 2.30. The molecular formula is C25H44Na. The van der Waals surface area contributed by atoms with Gasteiger partial charge in [-0.25, -0.2) is 0 Å². The van der Waals surface area contributed by atoms with Crippen LogP contribution in [-0.4, -0.2) is 29.6 Å². The molecule has 26 heavy (non-hydrogen) atoms. The van der Waals surface area contributed by atoms with E-state index in [0.717, 1.165) is 0 Å². The fourth-order valence-electron chi connectivity index (χ4n) is 3.70. The summed E-state index contributed by atoms with van der Waals surface area (Å²) in [6.45, 7) is 2.30. The van der Waals surface area contributed by atoms with Gasteiger partial charge in [-0.2, -0.15) is 0 Å². The van der Waals surface area contributed by atoms with Crippen molar-refractivity contribution in [3.8, 4) is 0 Å². The Balaban J connectivity index is 0.00000625. The summed E-state index contributed by atoms with van der Waals surface area (Å²) in [5.74, 6) is 0. The number of unbranched alkanes of at least 4 members (excludes halogenated alkanes) is 16. The Labute approximate surface area is 187 Å². The van der Waals surface area contributed by atoms with Gasteiger partial charge in [-0.1, -0.05) is 140 Å². The number of hydrogen-bond acceptors (Lipinski definition) is 0. The second-order valence-electron chi connectivity index (χ2n) is 7.89. The Bertz CT molecular complexity index is 360. The molecule has 0 nitrogen and oxygen atoms in total. The summed E-state index contributed by atoms with van der Waals surface area (Å²) in [6, 6.07) is 10.9. The van der Waals surface area contributed by atoms with Crippen molar-refractivity contribution in [2.24, 2.45) is 0 Å². The molecule has 0 unspecified atom stereocenters. The molecule has 0 aromatic heterocycles. The summed E-state index contributed by atoms with van der Waals surface area (Å²) >= 11 is 0. The Morgan fingerprint density at radius 2 is 0.808 bits per heavy atom. The third kappa shape index (κ3) is 17.6. The van der Waals surface area contributed by atoms with E-state index in [2.05, 4.69) is 37.3 Å². The van der Waals surface area contributed by atoms with Crippen LogP contribution in [0.15, 0.2) is 30.3 Å². The summed E-state index contributed by atoms with van der Waals surface area (Å²) < 4.78 is 0. The van der Waals surface area contributed by atoms with Gasteiger partial charge in [0, 0.05) is 29.6 Å². The molecule has 0 saturated heterocycles. The average Bonchev–Trinajstić information content (AvgIpc) is 2.65. The van der Waals surface area contributed by atoms with Crippen LogP contribution in [0.4, 0.5) is 0 Å². The fourth-order valence-corrected chi connectivity index (χ4v) is 3.70. The van der Waals surface area contributed by atoms with E-state index in [9.17, 15) is 0 Å². The largest absolute Gasteiger partial charge is 0.0654 e. The molecule has 0 saturated carbocycles. The summed E-state index contributed by atoms with van der Waals surface area (Å²) in [5, 5.41) is 0. The molecule has 0 atom stereocenters. The minimum absolute atomic E-state index is 0. The molecule has 0 heterocycles. The van der Waals surface area contributed by atoms with E-state index >= 15 is 0 Å². The van der Waals surface area contributed by atoms with Crippen molar-refractivity contribution in [3.05, 3.63) is 35.9 Å². The number of rotatable bonds is 18. The van der Waals surface area contributed by atoms with Gasteiger partial charge in [-0.15, -0.1) is 0 Å². The van der Waals surface area contributed by atoms with Gasteiger partial charge in [0.05, 0.1) is 0 Å². The van der Waals surface area contributed by atoms with Crippen LogP contribution in [0.1, 0.15) is 122 Å². The first-order valence-electron chi connectivity index (χ1n) is 11.5. The molecule has 1 radical (unpaired) electrons. The number of aryl methyl sites for hydroxylation is 1. The summed E-state index contributed by atoms with van der Waals surface area (Å²) in [4.78, 5) is 0. The van der Waals surface area contributed by atoms with Crippen LogP contribution in [0.5, 0.6) is 0 Å². The van der Waals surface area contributed by atoms with E-state index < -0.39 is 0 Å². The van der Waals surface area contributed by atoms with Crippen molar-refractivity contribution in [1.82, 2.24) is 0 Å². The Morgan fingerprint density at radius 1 is 0.462 bits per heavy atom. The van der Waals surface area contributed by atoms with Crippen LogP contribution in [0, 0.1) is 0 Å². The first-order valence-corrected chi connectivity index (χ1v) is 11.5. The van der Waals surface area contributed by atoms with Crippen molar-refractivity contribution in [2.45, 2.75) is 122 Å². The van der Waals surface area contributed by atoms with Gasteiger partial charge in [0.2, 0.25) is 0 Å². The van der Waals surface area contributed by atoms with Gasteiger partial charge >= 0.3 is 0 Å². The van der Waals surface area contributed by atoms with Gasteiger partial charge in [0.25, 0.3) is 0 Å². The van der Waals surface area contributed by atoms with Crippen LogP contribution < -0.4 is 0 Å².